The molecule has 0 atom stereocenters. The summed E-state index contributed by atoms with van der Waals surface area (Å²) in [7, 11) is -3.31. The van der Waals surface area contributed by atoms with E-state index in [1.54, 1.807) is 26.0 Å². The van der Waals surface area contributed by atoms with E-state index in [9.17, 15) is 4.57 Å². The lowest BCUT2D eigenvalue weighted by atomic mass is 10.2. The van der Waals surface area contributed by atoms with Gasteiger partial charge in [-0.2, -0.15) is 0 Å². The standard InChI is InChI=1S/C15H20ClO3P/c1-3-18-20(17,19-4-2)15-11-14(16)10-9-13(15)8-7-12-5-6-12/h7-12H,3-6H2,1-2H3/b8-7+. The molecule has 1 fully saturated rings. The quantitative estimate of drug-likeness (QED) is 0.687. The first-order valence-electron chi connectivity index (χ1n) is 6.96. The first kappa shape index (κ1) is 15.8. The molecular weight excluding hydrogens is 295 g/mol. The normalized spacial score (nSPS) is 15.9. The van der Waals surface area contributed by atoms with E-state index in [0.29, 0.717) is 29.5 Å². The van der Waals surface area contributed by atoms with Crippen LogP contribution in [-0.4, -0.2) is 13.2 Å². The molecule has 1 aromatic carbocycles. The van der Waals surface area contributed by atoms with Gasteiger partial charge in [-0.15, -0.1) is 0 Å². The van der Waals surface area contributed by atoms with Crippen LogP contribution in [0.2, 0.25) is 5.02 Å². The van der Waals surface area contributed by atoms with Gasteiger partial charge in [0.2, 0.25) is 0 Å². The number of allylic oxidation sites excluding steroid dienone is 1. The molecule has 3 nitrogen and oxygen atoms in total. The second-order valence-corrected chi connectivity index (χ2v) is 7.16. The van der Waals surface area contributed by atoms with Crippen molar-refractivity contribution in [3.63, 3.8) is 0 Å². The van der Waals surface area contributed by atoms with Crippen LogP contribution < -0.4 is 5.30 Å². The molecule has 0 bridgehead atoms. The second kappa shape index (κ2) is 6.91. The zero-order valence-corrected chi connectivity index (χ0v) is 13.5. The van der Waals surface area contributed by atoms with Crippen LogP contribution in [0, 0.1) is 5.92 Å². The number of rotatable bonds is 7. The fourth-order valence-electron chi connectivity index (χ4n) is 1.94. The highest BCUT2D eigenvalue weighted by Crippen LogP contribution is 2.48. The van der Waals surface area contributed by atoms with Crippen molar-refractivity contribution in [3.8, 4) is 0 Å². The van der Waals surface area contributed by atoms with Crippen molar-refractivity contribution in [2.75, 3.05) is 13.2 Å². The highest BCUT2D eigenvalue weighted by molar-refractivity contribution is 7.62. The first-order valence-corrected chi connectivity index (χ1v) is 8.88. The average molecular weight is 315 g/mol. The third kappa shape index (κ3) is 3.95. The SMILES string of the molecule is CCOP(=O)(OCC)c1cc(Cl)ccc1/C=C/C1CC1. The Morgan fingerprint density at radius 1 is 1.30 bits per heavy atom. The monoisotopic (exact) mass is 314 g/mol. The molecule has 2 rings (SSSR count). The van der Waals surface area contributed by atoms with E-state index >= 15 is 0 Å². The smallest absolute Gasteiger partial charge is 0.305 e. The van der Waals surface area contributed by atoms with E-state index in [0.717, 1.165) is 5.56 Å². The summed E-state index contributed by atoms with van der Waals surface area (Å²) in [6.45, 7) is 4.26. The molecule has 1 aromatic rings. The third-order valence-corrected chi connectivity index (χ3v) is 5.46. The summed E-state index contributed by atoms with van der Waals surface area (Å²) in [6.07, 6.45) is 6.60. The van der Waals surface area contributed by atoms with Crippen molar-refractivity contribution in [2.45, 2.75) is 26.7 Å². The minimum absolute atomic E-state index is 0.329. The van der Waals surface area contributed by atoms with Gasteiger partial charge in [0.15, 0.2) is 0 Å². The fourth-order valence-corrected chi connectivity index (χ4v) is 3.98. The molecule has 0 radical (unpaired) electrons. The van der Waals surface area contributed by atoms with Crippen molar-refractivity contribution in [1.82, 2.24) is 0 Å². The number of halogens is 1. The summed E-state index contributed by atoms with van der Waals surface area (Å²) in [4.78, 5) is 0. The van der Waals surface area contributed by atoms with Crippen LogP contribution in [0.25, 0.3) is 6.08 Å². The summed E-state index contributed by atoms with van der Waals surface area (Å²) in [6, 6.07) is 5.33. The van der Waals surface area contributed by atoms with Gasteiger partial charge in [0.05, 0.1) is 18.5 Å². The van der Waals surface area contributed by atoms with E-state index in [1.807, 2.05) is 12.1 Å². The van der Waals surface area contributed by atoms with Crippen LogP contribution in [0.5, 0.6) is 0 Å². The molecule has 5 heteroatoms. The maximum atomic E-state index is 12.9. The van der Waals surface area contributed by atoms with Gasteiger partial charge in [-0.1, -0.05) is 29.8 Å². The minimum atomic E-state index is -3.31. The maximum absolute atomic E-state index is 12.9. The predicted molar refractivity (Wildman–Crippen MR) is 83.7 cm³/mol. The van der Waals surface area contributed by atoms with Gasteiger partial charge >= 0.3 is 7.60 Å². The number of hydrogen-bond donors (Lipinski definition) is 0. The Kier molecular flexibility index (Phi) is 5.45. The third-order valence-electron chi connectivity index (χ3n) is 3.06. The molecule has 20 heavy (non-hydrogen) atoms. The Hall–Kier alpha value is -0.600. The predicted octanol–water partition coefficient (Wildman–Crippen LogP) is 4.65. The van der Waals surface area contributed by atoms with Crippen LogP contribution in [-0.2, 0) is 13.6 Å². The largest absolute Gasteiger partial charge is 0.361 e. The molecule has 0 unspecified atom stereocenters. The lowest BCUT2D eigenvalue weighted by Gasteiger charge is -2.19. The van der Waals surface area contributed by atoms with Gasteiger partial charge in [0.25, 0.3) is 0 Å². The topological polar surface area (TPSA) is 35.5 Å². The lowest BCUT2D eigenvalue weighted by Crippen LogP contribution is -2.14. The summed E-state index contributed by atoms with van der Waals surface area (Å²) in [5.41, 5.74) is 0.853. The van der Waals surface area contributed by atoms with Crippen LogP contribution in [0.15, 0.2) is 24.3 Å². The van der Waals surface area contributed by atoms with Crippen molar-refractivity contribution >= 4 is 30.6 Å². The molecule has 110 valence electrons. The molecule has 1 aliphatic rings. The van der Waals surface area contributed by atoms with Gasteiger partial charge < -0.3 is 9.05 Å². The van der Waals surface area contributed by atoms with Crippen molar-refractivity contribution in [1.29, 1.82) is 0 Å². The molecule has 0 N–H and O–H groups in total. The molecular formula is C15H20ClO3P. The molecule has 0 spiro atoms. The molecule has 0 saturated heterocycles. The summed E-state index contributed by atoms with van der Waals surface area (Å²) >= 11 is 6.04. The van der Waals surface area contributed by atoms with Crippen molar-refractivity contribution in [3.05, 3.63) is 34.9 Å². The van der Waals surface area contributed by atoms with Crippen LogP contribution >= 0.6 is 19.2 Å². The van der Waals surface area contributed by atoms with E-state index in [1.165, 1.54) is 12.8 Å². The average Bonchev–Trinajstić information content (AvgIpc) is 3.22. The zero-order valence-electron chi connectivity index (χ0n) is 11.8. The Morgan fingerprint density at radius 2 is 1.95 bits per heavy atom. The maximum Gasteiger partial charge on any atom is 0.361 e. The lowest BCUT2D eigenvalue weighted by molar-refractivity contribution is 0.230. The summed E-state index contributed by atoms with van der Waals surface area (Å²) in [5, 5.41) is 1.08. The Morgan fingerprint density at radius 3 is 2.50 bits per heavy atom. The molecule has 0 amide bonds. The van der Waals surface area contributed by atoms with Crippen LogP contribution in [0.1, 0.15) is 32.3 Å². The van der Waals surface area contributed by atoms with Crippen LogP contribution in [0.4, 0.5) is 0 Å². The Balaban J connectivity index is 2.39. The first-order chi connectivity index (χ1) is 9.59. The Bertz CT molecular complexity index is 528. The zero-order chi connectivity index (χ0) is 14.6. The second-order valence-electron chi connectivity index (χ2n) is 4.73. The van der Waals surface area contributed by atoms with Gasteiger partial charge in [-0.25, -0.2) is 0 Å². The van der Waals surface area contributed by atoms with Gasteiger partial charge in [-0.05, 0) is 50.3 Å². The van der Waals surface area contributed by atoms with Crippen LogP contribution in [0.3, 0.4) is 0 Å². The Labute approximate surface area is 125 Å². The minimum Gasteiger partial charge on any atom is -0.305 e. The number of benzene rings is 1. The molecule has 0 aromatic heterocycles. The highest BCUT2D eigenvalue weighted by atomic mass is 35.5. The van der Waals surface area contributed by atoms with E-state index in [-0.39, 0.29) is 0 Å². The van der Waals surface area contributed by atoms with E-state index in [4.69, 9.17) is 20.6 Å². The summed E-state index contributed by atoms with van der Waals surface area (Å²) < 4.78 is 23.7. The number of hydrogen-bond acceptors (Lipinski definition) is 3. The molecule has 1 aliphatic carbocycles. The van der Waals surface area contributed by atoms with E-state index in [2.05, 4.69) is 6.08 Å². The van der Waals surface area contributed by atoms with Gasteiger partial charge in [-0.3, -0.25) is 4.57 Å². The highest BCUT2D eigenvalue weighted by Gasteiger charge is 2.29. The fraction of sp³-hybridized carbons (Fsp3) is 0.467. The van der Waals surface area contributed by atoms with Crippen molar-refractivity contribution < 1.29 is 13.6 Å². The van der Waals surface area contributed by atoms with Crippen molar-refractivity contribution in [2.24, 2.45) is 5.92 Å². The molecule has 0 heterocycles. The van der Waals surface area contributed by atoms with E-state index < -0.39 is 7.60 Å². The van der Waals surface area contributed by atoms with Gasteiger partial charge in [0, 0.05) is 5.02 Å². The molecule has 1 saturated carbocycles. The summed E-state index contributed by atoms with van der Waals surface area (Å²) in [5.74, 6) is 0.650. The van der Waals surface area contributed by atoms with Gasteiger partial charge in [0.1, 0.15) is 0 Å². The molecule has 0 aliphatic heterocycles.